The van der Waals surface area contributed by atoms with Crippen LogP contribution in [-0.4, -0.2) is 23.7 Å². The molecule has 92 valence electrons. The minimum Gasteiger partial charge on any atom is -0.481 e. The molecule has 0 aliphatic heterocycles. The zero-order valence-corrected chi connectivity index (χ0v) is 10.9. The minimum absolute atomic E-state index is 0.121. The smallest absolute Gasteiger partial charge is 0.320 e. The molecule has 1 N–H and O–H groups in total. The van der Waals surface area contributed by atoms with Gasteiger partial charge < -0.3 is 9.84 Å². The van der Waals surface area contributed by atoms with Crippen LogP contribution >= 0.6 is 15.9 Å². The molecule has 0 saturated heterocycles. The summed E-state index contributed by atoms with van der Waals surface area (Å²) in [6, 6.07) is 7.20. The Bertz CT molecular complexity index is 417. The van der Waals surface area contributed by atoms with Gasteiger partial charge in [0.05, 0.1) is 6.61 Å². The predicted molar refractivity (Wildman–Crippen MR) is 65.6 cm³/mol. The lowest BCUT2D eigenvalue weighted by molar-refractivity contribution is -0.158. The number of carbonyl (C=O) groups is 2. The van der Waals surface area contributed by atoms with E-state index >= 15 is 0 Å². The van der Waals surface area contributed by atoms with Gasteiger partial charge in [0.25, 0.3) is 0 Å². The van der Waals surface area contributed by atoms with Crippen LogP contribution in [0, 0.1) is 5.92 Å². The quantitative estimate of drug-likeness (QED) is 0.669. The molecule has 1 atom stereocenters. The number of carbonyl (C=O) groups excluding carboxylic acids is 1. The van der Waals surface area contributed by atoms with Crippen LogP contribution in [0.4, 0.5) is 0 Å². The van der Waals surface area contributed by atoms with E-state index in [1.807, 2.05) is 6.07 Å². The average Bonchev–Trinajstić information content (AvgIpc) is 2.27. The molecule has 0 aliphatic rings. The van der Waals surface area contributed by atoms with Crippen molar-refractivity contribution in [2.24, 2.45) is 5.92 Å². The van der Waals surface area contributed by atoms with Gasteiger partial charge in [0.2, 0.25) is 0 Å². The van der Waals surface area contributed by atoms with E-state index in [9.17, 15) is 9.59 Å². The number of esters is 1. The van der Waals surface area contributed by atoms with Crippen molar-refractivity contribution in [1.82, 2.24) is 0 Å². The highest BCUT2D eigenvalue weighted by Gasteiger charge is 2.28. The highest BCUT2D eigenvalue weighted by atomic mass is 79.9. The van der Waals surface area contributed by atoms with Gasteiger partial charge in [0.1, 0.15) is 0 Å². The largest absolute Gasteiger partial charge is 0.481 e. The molecule has 0 aromatic heterocycles. The number of aliphatic carboxylic acids is 1. The summed E-state index contributed by atoms with van der Waals surface area (Å²) in [5, 5.41) is 9.01. The second-order valence-electron chi connectivity index (χ2n) is 3.44. The first-order valence-corrected chi connectivity index (χ1v) is 5.98. The van der Waals surface area contributed by atoms with Gasteiger partial charge in [-0.1, -0.05) is 34.1 Å². The van der Waals surface area contributed by atoms with Crippen LogP contribution in [0.15, 0.2) is 28.7 Å². The van der Waals surface area contributed by atoms with Gasteiger partial charge in [-0.25, -0.2) is 0 Å². The zero-order valence-electron chi connectivity index (χ0n) is 9.35. The molecule has 0 bridgehead atoms. The summed E-state index contributed by atoms with van der Waals surface area (Å²) in [5.74, 6) is -3.02. The number of carboxylic acid groups (broad SMARTS) is 1. The van der Waals surface area contributed by atoms with E-state index in [1.54, 1.807) is 25.1 Å². The Morgan fingerprint density at radius 2 is 2.06 bits per heavy atom. The van der Waals surface area contributed by atoms with Crippen molar-refractivity contribution in [2.45, 2.75) is 13.3 Å². The van der Waals surface area contributed by atoms with Crippen LogP contribution in [0.25, 0.3) is 0 Å². The van der Waals surface area contributed by atoms with Gasteiger partial charge >= 0.3 is 11.9 Å². The van der Waals surface area contributed by atoms with Gasteiger partial charge in [-0.3, -0.25) is 9.59 Å². The lowest BCUT2D eigenvalue weighted by atomic mass is 10.00. The number of halogens is 1. The van der Waals surface area contributed by atoms with E-state index in [0.717, 1.165) is 10.0 Å². The van der Waals surface area contributed by atoms with Crippen molar-refractivity contribution in [3.8, 4) is 0 Å². The first-order valence-electron chi connectivity index (χ1n) is 5.19. The van der Waals surface area contributed by atoms with E-state index in [2.05, 4.69) is 15.9 Å². The SMILES string of the molecule is CCOC(=O)C(Cc1ccccc1Br)C(=O)O. The number of hydrogen-bond acceptors (Lipinski definition) is 3. The molecular formula is C12H13BrO4. The fraction of sp³-hybridized carbons (Fsp3) is 0.333. The Morgan fingerprint density at radius 1 is 1.41 bits per heavy atom. The van der Waals surface area contributed by atoms with Gasteiger partial charge in [0, 0.05) is 4.47 Å². The molecule has 0 heterocycles. The van der Waals surface area contributed by atoms with E-state index in [4.69, 9.17) is 9.84 Å². The Hall–Kier alpha value is -1.36. The van der Waals surface area contributed by atoms with E-state index in [1.165, 1.54) is 0 Å². The summed E-state index contributed by atoms with van der Waals surface area (Å²) in [5.41, 5.74) is 0.771. The van der Waals surface area contributed by atoms with Crippen molar-refractivity contribution < 1.29 is 19.4 Å². The molecule has 0 amide bonds. The third-order valence-electron chi connectivity index (χ3n) is 2.25. The summed E-state index contributed by atoms with van der Waals surface area (Å²) in [7, 11) is 0. The van der Waals surface area contributed by atoms with Gasteiger partial charge in [-0.2, -0.15) is 0 Å². The highest BCUT2D eigenvalue weighted by Crippen LogP contribution is 2.20. The van der Waals surface area contributed by atoms with E-state index in [-0.39, 0.29) is 13.0 Å². The Balaban J connectivity index is 2.84. The van der Waals surface area contributed by atoms with Gasteiger partial charge in [-0.15, -0.1) is 0 Å². The van der Waals surface area contributed by atoms with Crippen molar-refractivity contribution in [3.05, 3.63) is 34.3 Å². The molecule has 4 nitrogen and oxygen atoms in total. The molecule has 0 radical (unpaired) electrons. The van der Waals surface area contributed by atoms with Crippen LogP contribution in [0.2, 0.25) is 0 Å². The average molecular weight is 301 g/mol. The first kappa shape index (κ1) is 13.7. The Labute approximate surface area is 108 Å². The van der Waals surface area contributed by atoms with Gasteiger partial charge in [0.15, 0.2) is 5.92 Å². The normalized spacial score (nSPS) is 11.9. The Kier molecular flexibility index (Phi) is 5.15. The fourth-order valence-electron chi connectivity index (χ4n) is 1.40. The molecule has 1 aromatic carbocycles. The molecule has 1 rings (SSSR count). The maximum atomic E-state index is 11.5. The van der Waals surface area contributed by atoms with Crippen LogP contribution in [0.1, 0.15) is 12.5 Å². The molecule has 0 fully saturated rings. The summed E-state index contributed by atoms with van der Waals surface area (Å²) >= 11 is 3.32. The number of carboxylic acids is 1. The molecule has 1 unspecified atom stereocenters. The number of rotatable bonds is 5. The number of benzene rings is 1. The van der Waals surface area contributed by atoms with Crippen LogP contribution in [-0.2, 0) is 20.7 Å². The maximum Gasteiger partial charge on any atom is 0.320 e. The zero-order chi connectivity index (χ0) is 12.8. The third kappa shape index (κ3) is 3.85. The fourth-order valence-corrected chi connectivity index (χ4v) is 1.84. The predicted octanol–water partition coefficient (Wildman–Crippen LogP) is 2.26. The standard InChI is InChI=1S/C12H13BrO4/c1-2-17-12(16)9(11(14)15)7-8-5-3-4-6-10(8)13/h3-6,9H,2,7H2,1H3,(H,14,15). The topological polar surface area (TPSA) is 63.6 Å². The molecule has 1 aromatic rings. The van der Waals surface area contributed by atoms with E-state index < -0.39 is 17.9 Å². The highest BCUT2D eigenvalue weighted by molar-refractivity contribution is 9.10. The summed E-state index contributed by atoms with van der Waals surface area (Å²) in [4.78, 5) is 22.5. The monoisotopic (exact) mass is 300 g/mol. The molecule has 17 heavy (non-hydrogen) atoms. The van der Waals surface area contributed by atoms with Crippen LogP contribution < -0.4 is 0 Å². The second-order valence-corrected chi connectivity index (χ2v) is 4.29. The van der Waals surface area contributed by atoms with Crippen LogP contribution in [0.3, 0.4) is 0 Å². The maximum absolute atomic E-state index is 11.5. The Morgan fingerprint density at radius 3 is 2.59 bits per heavy atom. The molecule has 0 aliphatic carbocycles. The lowest BCUT2D eigenvalue weighted by Gasteiger charge is -2.12. The van der Waals surface area contributed by atoms with Crippen molar-refractivity contribution in [1.29, 1.82) is 0 Å². The summed E-state index contributed by atoms with van der Waals surface area (Å²) < 4.78 is 5.53. The third-order valence-corrected chi connectivity index (χ3v) is 3.02. The molecule has 0 saturated carbocycles. The molecule has 0 spiro atoms. The van der Waals surface area contributed by atoms with Gasteiger partial charge in [-0.05, 0) is 25.0 Å². The summed E-state index contributed by atoms with van der Waals surface area (Å²) in [6.07, 6.45) is 0.121. The minimum atomic E-state index is -1.17. The van der Waals surface area contributed by atoms with Crippen LogP contribution in [0.5, 0.6) is 0 Å². The summed E-state index contributed by atoms with van der Waals surface area (Å²) in [6.45, 7) is 1.83. The number of hydrogen-bond donors (Lipinski definition) is 1. The first-order chi connectivity index (χ1) is 8.06. The van der Waals surface area contributed by atoms with Crippen molar-refractivity contribution >= 4 is 27.9 Å². The van der Waals surface area contributed by atoms with Crippen molar-refractivity contribution in [2.75, 3.05) is 6.61 Å². The van der Waals surface area contributed by atoms with E-state index in [0.29, 0.717) is 0 Å². The number of ether oxygens (including phenoxy) is 1. The lowest BCUT2D eigenvalue weighted by Crippen LogP contribution is -2.28. The molecular weight excluding hydrogens is 288 g/mol. The second kappa shape index (κ2) is 6.39. The van der Waals surface area contributed by atoms with Crippen molar-refractivity contribution in [3.63, 3.8) is 0 Å². The molecule has 5 heteroatoms.